The van der Waals surface area contributed by atoms with Gasteiger partial charge in [0.05, 0.1) is 23.7 Å². The van der Waals surface area contributed by atoms with E-state index in [4.69, 9.17) is 4.74 Å². The van der Waals surface area contributed by atoms with Crippen LogP contribution in [0.1, 0.15) is 65.3 Å². The van der Waals surface area contributed by atoms with Crippen LogP contribution in [-0.2, 0) is 19.1 Å². The predicted octanol–water partition coefficient (Wildman–Crippen LogP) is 1.83. The van der Waals surface area contributed by atoms with E-state index in [2.05, 4.69) is 5.32 Å². The Kier molecular flexibility index (Phi) is 5.24. The van der Waals surface area contributed by atoms with E-state index < -0.39 is 29.7 Å². The van der Waals surface area contributed by atoms with Gasteiger partial charge in [-0.05, 0) is 49.8 Å². The van der Waals surface area contributed by atoms with E-state index in [0.29, 0.717) is 31.4 Å². The maximum atomic E-state index is 13.2. The van der Waals surface area contributed by atoms with Crippen molar-refractivity contribution < 1.29 is 28.7 Å². The first-order valence-corrected chi connectivity index (χ1v) is 10.1. The highest BCUT2D eigenvalue weighted by molar-refractivity contribution is 6.25. The Bertz CT molecular complexity index is 995. The van der Waals surface area contributed by atoms with E-state index >= 15 is 0 Å². The first kappa shape index (κ1) is 20.0. The SMILES string of the molecule is CCOC(=O)C1CC=C(c2cccc3c2C(=O)N(C2CCC(=O)NC2=O)C3=O)CC1. The van der Waals surface area contributed by atoms with Crippen molar-refractivity contribution in [2.45, 2.75) is 45.1 Å². The lowest BCUT2D eigenvalue weighted by Crippen LogP contribution is -2.54. The van der Waals surface area contributed by atoms with Gasteiger partial charge >= 0.3 is 5.97 Å². The van der Waals surface area contributed by atoms with E-state index in [1.165, 1.54) is 0 Å². The summed E-state index contributed by atoms with van der Waals surface area (Å²) in [4.78, 5) is 62.8. The summed E-state index contributed by atoms with van der Waals surface area (Å²) in [6.07, 6.45) is 3.82. The number of esters is 1. The number of nitrogens with one attached hydrogen (secondary N) is 1. The summed E-state index contributed by atoms with van der Waals surface area (Å²) in [5, 5.41) is 2.20. The highest BCUT2D eigenvalue weighted by Gasteiger charge is 2.45. The smallest absolute Gasteiger partial charge is 0.309 e. The van der Waals surface area contributed by atoms with Gasteiger partial charge in [0.2, 0.25) is 11.8 Å². The van der Waals surface area contributed by atoms with Crippen LogP contribution < -0.4 is 5.32 Å². The molecule has 0 bridgehead atoms. The fourth-order valence-electron chi connectivity index (χ4n) is 4.34. The molecule has 8 heteroatoms. The molecule has 2 aliphatic heterocycles. The third-order valence-electron chi connectivity index (χ3n) is 5.84. The number of allylic oxidation sites excluding steroid dienone is 2. The highest BCUT2D eigenvalue weighted by Crippen LogP contribution is 2.37. The van der Waals surface area contributed by atoms with Crippen molar-refractivity contribution in [1.29, 1.82) is 0 Å². The second kappa shape index (κ2) is 7.85. The monoisotopic (exact) mass is 410 g/mol. The van der Waals surface area contributed by atoms with Crippen molar-refractivity contribution in [3.8, 4) is 0 Å². The standard InChI is InChI=1S/C22H22N2O6/c1-2-30-22(29)13-8-6-12(7-9-13)14-4-3-5-15-18(14)21(28)24(20(15)27)16-10-11-17(25)23-19(16)26/h3-6,13,16H,2,7-11H2,1H3,(H,23,25,26). The number of carbonyl (C=O) groups excluding carboxylic acids is 5. The van der Waals surface area contributed by atoms with Crippen LogP contribution >= 0.6 is 0 Å². The maximum Gasteiger partial charge on any atom is 0.309 e. The molecule has 3 aliphatic rings. The first-order chi connectivity index (χ1) is 14.4. The van der Waals surface area contributed by atoms with Gasteiger partial charge in [-0.25, -0.2) is 0 Å². The van der Waals surface area contributed by atoms with Crippen molar-refractivity contribution in [3.63, 3.8) is 0 Å². The number of rotatable bonds is 4. The van der Waals surface area contributed by atoms with E-state index in [0.717, 1.165) is 10.5 Å². The molecule has 0 saturated carbocycles. The minimum atomic E-state index is -0.989. The zero-order valence-electron chi connectivity index (χ0n) is 16.6. The van der Waals surface area contributed by atoms with Crippen molar-refractivity contribution in [3.05, 3.63) is 41.0 Å². The lowest BCUT2D eigenvalue weighted by Gasteiger charge is -2.28. The molecule has 4 amide bonds. The summed E-state index contributed by atoms with van der Waals surface area (Å²) in [6.45, 7) is 2.11. The number of ether oxygens (including phenoxy) is 1. The second-order valence-corrected chi connectivity index (χ2v) is 7.63. The molecule has 2 unspecified atom stereocenters. The Hall–Kier alpha value is -3.29. The van der Waals surface area contributed by atoms with Crippen LogP contribution in [0.3, 0.4) is 0 Å². The molecule has 0 aromatic heterocycles. The van der Waals surface area contributed by atoms with E-state index in [9.17, 15) is 24.0 Å². The average molecular weight is 410 g/mol. The molecular formula is C22H22N2O6. The number of nitrogens with zero attached hydrogens (tertiary/aromatic N) is 1. The third-order valence-corrected chi connectivity index (χ3v) is 5.84. The van der Waals surface area contributed by atoms with Crippen LogP contribution in [0.4, 0.5) is 0 Å². The molecular weight excluding hydrogens is 388 g/mol. The van der Waals surface area contributed by atoms with Gasteiger partial charge in [0.25, 0.3) is 11.8 Å². The Balaban J connectivity index is 1.62. The second-order valence-electron chi connectivity index (χ2n) is 7.63. The van der Waals surface area contributed by atoms with Gasteiger partial charge in [-0.2, -0.15) is 0 Å². The molecule has 2 heterocycles. The molecule has 1 fully saturated rings. The topological polar surface area (TPSA) is 110 Å². The molecule has 8 nitrogen and oxygen atoms in total. The summed E-state index contributed by atoms with van der Waals surface area (Å²) in [6, 6.07) is 4.09. The largest absolute Gasteiger partial charge is 0.466 e. The van der Waals surface area contributed by atoms with Crippen molar-refractivity contribution in [1.82, 2.24) is 10.2 Å². The van der Waals surface area contributed by atoms with Crippen LogP contribution in [0, 0.1) is 5.92 Å². The Morgan fingerprint density at radius 3 is 2.53 bits per heavy atom. The zero-order valence-corrected chi connectivity index (χ0v) is 16.6. The van der Waals surface area contributed by atoms with Gasteiger partial charge in [-0.3, -0.25) is 34.2 Å². The number of hydrogen-bond acceptors (Lipinski definition) is 6. The van der Waals surface area contributed by atoms with E-state index in [1.54, 1.807) is 25.1 Å². The maximum absolute atomic E-state index is 13.2. The normalized spacial score (nSPS) is 23.8. The number of fused-ring (bicyclic) bond motifs is 1. The number of amides is 4. The third kappa shape index (κ3) is 3.32. The minimum absolute atomic E-state index is 0.0804. The molecule has 2 atom stereocenters. The van der Waals surface area contributed by atoms with Gasteiger partial charge in [0, 0.05) is 6.42 Å². The Morgan fingerprint density at radius 2 is 1.87 bits per heavy atom. The van der Waals surface area contributed by atoms with Crippen LogP contribution in [0.25, 0.3) is 5.57 Å². The lowest BCUT2D eigenvalue weighted by atomic mass is 9.84. The number of benzene rings is 1. The number of carbonyl (C=O) groups is 5. The van der Waals surface area contributed by atoms with Crippen LogP contribution in [-0.4, -0.2) is 47.1 Å². The minimum Gasteiger partial charge on any atom is -0.466 e. The Morgan fingerprint density at radius 1 is 1.10 bits per heavy atom. The quantitative estimate of drug-likeness (QED) is 0.599. The number of piperidine rings is 1. The molecule has 1 saturated heterocycles. The molecule has 30 heavy (non-hydrogen) atoms. The summed E-state index contributed by atoms with van der Waals surface area (Å²) in [5.74, 6) is -2.50. The fraction of sp³-hybridized carbons (Fsp3) is 0.409. The van der Waals surface area contributed by atoms with Gasteiger partial charge in [-0.15, -0.1) is 0 Å². The molecule has 1 aromatic carbocycles. The summed E-state index contributed by atoms with van der Waals surface area (Å²) in [7, 11) is 0. The van der Waals surface area contributed by atoms with Gasteiger partial charge in [0.15, 0.2) is 0 Å². The van der Waals surface area contributed by atoms with E-state index in [1.807, 2.05) is 6.08 Å². The molecule has 0 spiro atoms. The first-order valence-electron chi connectivity index (χ1n) is 10.1. The van der Waals surface area contributed by atoms with Crippen molar-refractivity contribution >= 4 is 35.2 Å². The fourth-order valence-corrected chi connectivity index (χ4v) is 4.34. The lowest BCUT2D eigenvalue weighted by molar-refractivity contribution is -0.148. The van der Waals surface area contributed by atoms with Gasteiger partial charge in [0.1, 0.15) is 6.04 Å². The number of hydrogen-bond donors (Lipinski definition) is 1. The molecule has 1 aromatic rings. The molecule has 156 valence electrons. The summed E-state index contributed by atoms with van der Waals surface area (Å²) >= 11 is 0. The number of imide groups is 2. The molecule has 4 rings (SSSR count). The summed E-state index contributed by atoms with van der Waals surface area (Å²) < 4.78 is 5.09. The van der Waals surface area contributed by atoms with E-state index in [-0.39, 0.29) is 35.9 Å². The van der Waals surface area contributed by atoms with Gasteiger partial charge in [-0.1, -0.05) is 18.2 Å². The zero-order chi connectivity index (χ0) is 21.4. The highest BCUT2D eigenvalue weighted by atomic mass is 16.5. The molecule has 1 N–H and O–H groups in total. The molecule has 1 aliphatic carbocycles. The summed E-state index contributed by atoms with van der Waals surface area (Å²) in [5.41, 5.74) is 2.10. The van der Waals surface area contributed by atoms with Gasteiger partial charge < -0.3 is 4.74 Å². The van der Waals surface area contributed by atoms with Crippen LogP contribution in [0.2, 0.25) is 0 Å². The Labute approximate surface area is 173 Å². The molecule has 0 radical (unpaired) electrons. The predicted molar refractivity (Wildman–Crippen MR) is 105 cm³/mol. The van der Waals surface area contributed by atoms with Crippen molar-refractivity contribution in [2.24, 2.45) is 5.92 Å². The average Bonchev–Trinajstić information content (AvgIpc) is 2.99. The van der Waals surface area contributed by atoms with Crippen LogP contribution in [0.15, 0.2) is 24.3 Å². The van der Waals surface area contributed by atoms with Crippen LogP contribution in [0.5, 0.6) is 0 Å². The van der Waals surface area contributed by atoms with Crippen molar-refractivity contribution in [2.75, 3.05) is 6.61 Å².